The number of hydrogen-bond acceptors (Lipinski definition) is 4. The second-order valence-corrected chi connectivity index (χ2v) is 4.44. The van der Waals surface area contributed by atoms with E-state index in [2.05, 4.69) is 15.3 Å². The smallest absolute Gasteiger partial charge is 0.137 e. The Morgan fingerprint density at radius 3 is 2.79 bits per heavy atom. The van der Waals surface area contributed by atoms with Gasteiger partial charge in [-0.15, -0.1) is 12.4 Å². The normalized spacial score (nSPS) is 10.5. The molecule has 0 bridgehead atoms. The molecule has 0 radical (unpaired) electrons. The van der Waals surface area contributed by atoms with Crippen LogP contribution in [0.2, 0.25) is 0 Å². The number of fused-ring (bicyclic) bond motifs is 1. The quantitative estimate of drug-likeness (QED) is 0.826. The summed E-state index contributed by atoms with van der Waals surface area (Å²) in [6, 6.07) is 8.00. The molecule has 4 nitrogen and oxygen atoms in total. The summed E-state index contributed by atoms with van der Waals surface area (Å²) in [4.78, 5) is 8.51. The van der Waals surface area contributed by atoms with Gasteiger partial charge in [0.25, 0.3) is 0 Å². The first-order valence-corrected chi connectivity index (χ1v) is 6.32. The second kappa shape index (κ2) is 7.92. The lowest BCUT2D eigenvalue weighted by molar-refractivity contribution is 0.0787. The predicted molar refractivity (Wildman–Crippen MR) is 81.0 cm³/mol. The average Bonchev–Trinajstić information content (AvgIpc) is 2.38. The highest BCUT2D eigenvalue weighted by Crippen LogP contribution is 2.17. The van der Waals surface area contributed by atoms with Gasteiger partial charge >= 0.3 is 0 Å². The predicted octanol–water partition coefficient (Wildman–Crippen LogP) is 3.28. The van der Waals surface area contributed by atoms with Gasteiger partial charge in [0.2, 0.25) is 0 Å². The Kier molecular flexibility index (Phi) is 6.53. The minimum atomic E-state index is 0. The second-order valence-electron chi connectivity index (χ2n) is 4.44. The van der Waals surface area contributed by atoms with E-state index < -0.39 is 0 Å². The highest BCUT2D eigenvalue weighted by molar-refractivity contribution is 5.88. The monoisotopic (exact) mass is 281 g/mol. The van der Waals surface area contributed by atoms with E-state index in [4.69, 9.17) is 4.74 Å². The van der Waals surface area contributed by atoms with Gasteiger partial charge in [0, 0.05) is 18.5 Å². The number of benzene rings is 1. The molecule has 1 heterocycles. The van der Waals surface area contributed by atoms with Crippen LogP contribution >= 0.6 is 12.4 Å². The highest BCUT2D eigenvalue weighted by atomic mass is 35.5. The van der Waals surface area contributed by atoms with Crippen molar-refractivity contribution in [2.75, 3.05) is 18.5 Å². The summed E-state index contributed by atoms with van der Waals surface area (Å²) < 4.78 is 5.49. The Bertz CT molecular complexity index is 500. The third-order valence-electron chi connectivity index (χ3n) is 2.61. The minimum absolute atomic E-state index is 0. The van der Waals surface area contributed by atoms with Crippen molar-refractivity contribution in [3.63, 3.8) is 0 Å². The minimum Gasteiger partial charge on any atom is -0.379 e. The van der Waals surface area contributed by atoms with Crippen LogP contribution in [0.25, 0.3) is 10.9 Å². The Labute approximate surface area is 120 Å². The SMILES string of the molecule is CC(C)OCCCNc1ncnc2ccccc12.Cl. The number of halogens is 1. The Morgan fingerprint density at radius 1 is 1.21 bits per heavy atom. The van der Waals surface area contributed by atoms with Crippen LogP contribution in [0, 0.1) is 0 Å². The summed E-state index contributed by atoms with van der Waals surface area (Å²) in [6.45, 7) is 5.72. The molecule has 2 aromatic rings. The molecule has 104 valence electrons. The fourth-order valence-electron chi connectivity index (χ4n) is 1.74. The molecule has 1 N–H and O–H groups in total. The highest BCUT2D eigenvalue weighted by Gasteiger charge is 2.01. The van der Waals surface area contributed by atoms with Crippen molar-refractivity contribution < 1.29 is 4.74 Å². The van der Waals surface area contributed by atoms with Gasteiger partial charge in [-0.1, -0.05) is 12.1 Å². The van der Waals surface area contributed by atoms with Crippen molar-refractivity contribution in [1.82, 2.24) is 9.97 Å². The van der Waals surface area contributed by atoms with Gasteiger partial charge in [0.1, 0.15) is 12.1 Å². The molecule has 0 amide bonds. The van der Waals surface area contributed by atoms with Gasteiger partial charge in [-0.05, 0) is 32.4 Å². The Balaban J connectivity index is 0.00000180. The third-order valence-corrected chi connectivity index (χ3v) is 2.61. The molecule has 0 saturated heterocycles. The van der Waals surface area contributed by atoms with E-state index in [0.29, 0.717) is 6.10 Å². The van der Waals surface area contributed by atoms with Crippen molar-refractivity contribution in [3.8, 4) is 0 Å². The van der Waals surface area contributed by atoms with Gasteiger partial charge in [0.05, 0.1) is 11.6 Å². The van der Waals surface area contributed by atoms with Crippen LogP contribution in [0.4, 0.5) is 5.82 Å². The van der Waals surface area contributed by atoms with Crippen molar-refractivity contribution in [2.45, 2.75) is 26.4 Å². The van der Waals surface area contributed by atoms with Gasteiger partial charge in [-0.25, -0.2) is 9.97 Å². The standard InChI is InChI=1S/C14H19N3O.ClH/c1-11(2)18-9-5-8-15-14-12-6-3-4-7-13(12)16-10-17-14;/h3-4,6-7,10-11H,5,8-9H2,1-2H3,(H,15,16,17);1H. The molecular formula is C14H20ClN3O. The van der Waals surface area contributed by atoms with Crippen LogP contribution in [-0.2, 0) is 4.74 Å². The average molecular weight is 282 g/mol. The van der Waals surface area contributed by atoms with Crippen LogP contribution in [0.3, 0.4) is 0 Å². The van der Waals surface area contributed by atoms with Crippen LogP contribution in [0.15, 0.2) is 30.6 Å². The first-order chi connectivity index (χ1) is 8.77. The molecule has 2 rings (SSSR count). The van der Waals surface area contributed by atoms with E-state index in [1.54, 1.807) is 6.33 Å². The molecule has 0 fully saturated rings. The maximum atomic E-state index is 5.49. The molecule has 19 heavy (non-hydrogen) atoms. The first kappa shape index (κ1) is 15.7. The molecule has 0 atom stereocenters. The van der Waals surface area contributed by atoms with Crippen molar-refractivity contribution in [1.29, 1.82) is 0 Å². The van der Waals surface area contributed by atoms with E-state index in [9.17, 15) is 0 Å². The van der Waals surface area contributed by atoms with Gasteiger partial charge < -0.3 is 10.1 Å². The molecule has 0 aliphatic heterocycles. The molecule has 1 aromatic carbocycles. The van der Waals surface area contributed by atoms with Crippen molar-refractivity contribution in [3.05, 3.63) is 30.6 Å². The fourth-order valence-corrected chi connectivity index (χ4v) is 1.74. The molecule has 1 aromatic heterocycles. The zero-order valence-electron chi connectivity index (χ0n) is 11.3. The van der Waals surface area contributed by atoms with Gasteiger partial charge in [-0.3, -0.25) is 0 Å². The molecule has 0 aliphatic rings. The number of para-hydroxylation sites is 1. The topological polar surface area (TPSA) is 47.0 Å². The number of nitrogens with zero attached hydrogens (tertiary/aromatic N) is 2. The number of anilines is 1. The molecule has 0 saturated carbocycles. The van der Waals surface area contributed by atoms with Gasteiger partial charge in [-0.2, -0.15) is 0 Å². The molecule has 0 aliphatic carbocycles. The lowest BCUT2D eigenvalue weighted by Gasteiger charge is -2.09. The van der Waals surface area contributed by atoms with Crippen molar-refractivity contribution >= 4 is 29.1 Å². The lowest BCUT2D eigenvalue weighted by atomic mass is 10.2. The number of ether oxygens (including phenoxy) is 1. The zero-order chi connectivity index (χ0) is 12.8. The maximum Gasteiger partial charge on any atom is 0.137 e. The summed E-state index contributed by atoms with van der Waals surface area (Å²) in [6.07, 6.45) is 2.86. The molecular weight excluding hydrogens is 262 g/mol. The fraction of sp³-hybridized carbons (Fsp3) is 0.429. The van der Waals surface area contributed by atoms with Crippen LogP contribution in [0.5, 0.6) is 0 Å². The summed E-state index contributed by atoms with van der Waals surface area (Å²) >= 11 is 0. The zero-order valence-corrected chi connectivity index (χ0v) is 12.1. The molecule has 0 spiro atoms. The summed E-state index contributed by atoms with van der Waals surface area (Å²) in [7, 11) is 0. The largest absolute Gasteiger partial charge is 0.379 e. The first-order valence-electron chi connectivity index (χ1n) is 6.32. The van der Waals surface area contributed by atoms with E-state index >= 15 is 0 Å². The number of aromatic nitrogens is 2. The van der Waals surface area contributed by atoms with E-state index in [1.165, 1.54) is 0 Å². The number of hydrogen-bond donors (Lipinski definition) is 1. The molecule has 5 heteroatoms. The van der Waals surface area contributed by atoms with Gasteiger partial charge in [0.15, 0.2) is 0 Å². The van der Waals surface area contributed by atoms with Crippen LogP contribution in [0.1, 0.15) is 20.3 Å². The van der Waals surface area contributed by atoms with E-state index in [-0.39, 0.29) is 12.4 Å². The third kappa shape index (κ3) is 4.65. The Hall–Kier alpha value is -1.39. The number of nitrogens with one attached hydrogen (secondary N) is 1. The van der Waals surface area contributed by atoms with Crippen LogP contribution < -0.4 is 5.32 Å². The Morgan fingerprint density at radius 2 is 2.00 bits per heavy atom. The summed E-state index contributed by atoms with van der Waals surface area (Å²) in [5.74, 6) is 0.894. The lowest BCUT2D eigenvalue weighted by Crippen LogP contribution is -2.10. The summed E-state index contributed by atoms with van der Waals surface area (Å²) in [5, 5.41) is 4.39. The maximum absolute atomic E-state index is 5.49. The van der Waals surface area contributed by atoms with E-state index in [1.807, 2.05) is 38.1 Å². The number of rotatable bonds is 6. The van der Waals surface area contributed by atoms with Crippen LogP contribution in [-0.4, -0.2) is 29.2 Å². The summed E-state index contributed by atoms with van der Waals surface area (Å²) in [5.41, 5.74) is 0.966. The molecule has 0 unspecified atom stereocenters. The van der Waals surface area contributed by atoms with E-state index in [0.717, 1.165) is 36.3 Å². The van der Waals surface area contributed by atoms with Crippen molar-refractivity contribution in [2.24, 2.45) is 0 Å².